The normalized spacial score (nSPS) is 16.1. The van der Waals surface area contributed by atoms with Crippen molar-refractivity contribution in [3.8, 4) is 0 Å². The Labute approximate surface area is 83.1 Å². The lowest BCUT2D eigenvalue weighted by Gasteiger charge is -2.04. The van der Waals surface area contributed by atoms with Crippen LogP contribution in [0.25, 0.3) is 0 Å². The van der Waals surface area contributed by atoms with Crippen LogP contribution >= 0.6 is 11.6 Å². The van der Waals surface area contributed by atoms with E-state index in [1.54, 1.807) is 0 Å². The van der Waals surface area contributed by atoms with Gasteiger partial charge in [0.2, 0.25) is 0 Å². The largest absolute Gasteiger partial charge is 0.398 e. The molecule has 2 nitrogen and oxygen atoms in total. The molecular weight excluding hydrogens is 184 g/mol. The third-order valence-corrected chi connectivity index (χ3v) is 2.56. The fourth-order valence-corrected chi connectivity index (χ4v) is 1.43. The summed E-state index contributed by atoms with van der Waals surface area (Å²) in [5.41, 5.74) is 7.45. The van der Waals surface area contributed by atoms with E-state index in [1.807, 2.05) is 18.2 Å². The van der Waals surface area contributed by atoms with Crippen LogP contribution in [-0.4, -0.2) is 6.04 Å². The number of halogens is 1. The van der Waals surface area contributed by atoms with Crippen LogP contribution in [0.1, 0.15) is 18.4 Å². The third-order valence-electron chi connectivity index (χ3n) is 2.24. The topological polar surface area (TPSA) is 38.0 Å². The molecule has 0 aliphatic heterocycles. The van der Waals surface area contributed by atoms with Gasteiger partial charge in [-0.05, 0) is 30.5 Å². The standard InChI is InChI=1S/C10H13ClN2/c11-9-5-7(1-4-10(9)12)6-13-8-2-3-8/h1,4-5,8,13H,2-3,6,12H2. The summed E-state index contributed by atoms with van der Waals surface area (Å²) in [6.45, 7) is 0.894. The highest BCUT2D eigenvalue weighted by atomic mass is 35.5. The molecule has 0 radical (unpaired) electrons. The molecule has 1 aliphatic carbocycles. The molecule has 3 N–H and O–H groups in total. The van der Waals surface area contributed by atoms with E-state index >= 15 is 0 Å². The van der Waals surface area contributed by atoms with Crippen molar-refractivity contribution < 1.29 is 0 Å². The fraction of sp³-hybridized carbons (Fsp3) is 0.400. The predicted molar refractivity (Wildman–Crippen MR) is 55.7 cm³/mol. The molecule has 0 heterocycles. The quantitative estimate of drug-likeness (QED) is 0.728. The SMILES string of the molecule is Nc1ccc(CNC2CC2)cc1Cl. The predicted octanol–water partition coefficient (Wildman–Crippen LogP) is 2.17. The van der Waals surface area contributed by atoms with Crippen molar-refractivity contribution in [2.24, 2.45) is 0 Å². The minimum atomic E-state index is 0.648. The molecule has 1 aromatic carbocycles. The van der Waals surface area contributed by atoms with E-state index in [0.717, 1.165) is 12.6 Å². The molecule has 0 spiro atoms. The lowest BCUT2D eigenvalue weighted by molar-refractivity contribution is 0.688. The van der Waals surface area contributed by atoms with E-state index in [0.29, 0.717) is 10.7 Å². The Bertz CT molecular complexity index is 308. The Morgan fingerprint density at radius 3 is 2.85 bits per heavy atom. The maximum Gasteiger partial charge on any atom is 0.0638 e. The number of rotatable bonds is 3. The average Bonchev–Trinajstić information content (AvgIpc) is 2.91. The summed E-state index contributed by atoms with van der Waals surface area (Å²) in [5, 5.41) is 4.07. The molecule has 0 unspecified atom stereocenters. The number of hydrogen-bond donors (Lipinski definition) is 2. The van der Waals surface area contributed by atoms with Gasteiger partial charge in [0.25, 0.3) is 0 Å². The van der Waals surface area contributed by atoms with Crippen LogP contribution in [-0.2, 0) is 6.54 Å². The number of anilines is 1. The Balaban J connectivity index is 1.98. The summed E-state index contributed by atoms with van der Waals surface area (Å²) in [7, 11) is 0. The Morgan fingerprint density at radius 2 is 2.23 bits per heavy atom. The van der Waals surface area contributed by atoms with E-state index in [4.69, 9.17) is 17.3 Å². The van der Waals surface area contributed by atoms with Crippen molar-refractivity contribution in [2.75, 3.05) is 5.73 Å². The second-order valence-corrected chi connectivity index (χ2v) is 3.92. The van der Waals surface area contributed by atoms with Gasteiger partial charge in [0.05, 0.1) is 10.7 Å². The minimum absolute atomic E-state index is 0.648. The second kappa shape index (κ2) is 3.56. The molecule has 1 fully saturated rings. The van der Waals surface area contributed by atoms with Crippen LogP contribution in [0.3, 0.4) is 0 Å². The van der Waals surface area contributed by atoms with Gasteiger partial charge in [-0.15, -0.1) is 0 Å². The minimum Gasteiger partial charge on any atom is -0.398 e. The number of hydrogen-bond acceptors (Lipinski definition) is 2. The van der Waals surface area contributed by atoms with Gasteiger partial charge in [-0.25, -0.2) is 0 Å². The van der Waals surface area contributed by atoms with Crippen molar-refractivity contribution in [1.82, 2.24) is 5.32 Å². The van der Waals surface area contributed by atoms with Gasteiger partial charge in [-0.3, -0.25) is 0 Å². The Kier molecular flexibility index (Phi) is 2.42. The molecule has 0 aromatic heterocycles. The highest BCUT2D eigenvalue weighted by Crippen LogP contribution is 2.22. The second-order valence-electron chi connectivity index (χ2n) is 3.51. The molecule has 1 aliphatic rings. The molecule has 1 saturated carbocycles. The van der Waals surface area contributed by atoms with E-state index in [1.165, 1.54) is 18.4 Å². The monoisotopic (exact) mass is 196 g/mol. The fourth-order valence-electron chi connectivity index (χ4n) is 1.23. The first-order valence-corrected chi connectivity index (χ1v) is 4.91. The summed E-state index contributed by atoms with van der Waals surface area (Å²) in [4.78, 5) is 0. The first-order chi connectivity index (χ1) is 6.25. The molecular formula is C10H13ClN2. The highest BCUT2D eigenvalue weighted by molar-refractivity contribution is 6.33. The summed E-state index contributed by atoms with van der Waals surface area (Å²) in [6, 6.07) is 6.52. The van der Waals surface area contributed by atoms with Crippen molar-refractivity contribution in [3.05, 3.63) is 28.8 Å². The van der Waals surface area contributed by atoms with Crippen LogP contribution in [0, 0.1) is 0 Å². The third kappa shape index (κ3) is 2.36. The van der Waals surface area contributed by atoms with E-state index in [2.05, 4.69) is 5.32 Å². The number of nitrogens with one attached hydrogen (secondary N) is 1. The molecule has 0 saturated heterocycles. The van der Waals surface area contributed by atoms with Gasteiger partial charge in [-0.2, -0.15) is 0 Å². The summed E-state index contributed by atoms with van der Waals surface area (Å²) in [6.07, 6.45) is 2.62. The van der Waals surface area contributed by atoms with Gasteiger partial charge in [0.15, 0.2) is 0 Å². The maximum absolute atomic E-state index is 5.89. The molecule has 70 valence electrons. The number of nitrogen functional groups attached to an aromatic ring is 1. The van der Waals surface area contributed by atoms with Crippen LogP contribution in [0.2, 0.25) is 5.02 Å². The van der Waals surface area contributed by atoms with E-state index in [9.17, 15) is 0 Å². The molecule has 1 aromatic rings. The number of benzene rings is 1. The summed E-state index contributed by atoms with van der Waals surface area (Å²) >= 11 is 5.89. The molecule has 3 heteroatoms. The van der Waals surface area contributed by atoms with Crippen molar-refractivity contribution in [1.29, 1.82) is 0 Å². The number of nitrogens with two attached hydrogens (primary N) is 1. The Morgan fingerprint density at radius 1 is 1.46 bits per heavy atom. The highest BCUT2D eigenvalue weighted by Gasteiger charge is 2.19. The van der Waals surface area contributed by atoms with Crippen molar-refractivity contribution >= 4 is 17.3 Å². The zero-order chi connectivity index (χ0) is 9.26. The van der Waals surface area contributed by atoms with Crippen molar-refractivity contribution in [2.45, 2.75) is 25.4 Å². The van der Waals surface area contributed by atoms with Gasteiger partial charge in [-0.1, -0.05) is 17.7 Å². The van der Waals surface area contributed by atoms with E-state index < -0.39 is 0 Å². The van der Waals surface area contributed by atoms with Crippen molar-refractivity contribution in [3.63, 3.8) is 0 Å². The molecule has 0 bridgehead atoms. The smallest absolute Gasteiger partial charge is 0.0638 e. The molecule has 13 heavy (non-hydrogen) atoms. The van der Waals surface area contributed by atoms with Crippen LogP contribution in [0.5, 0.6) is 0 Å². The summed E-state index contributed by atoms with van der Waals surface area (Å²) < 4.78 is 0. The summed E-state index contributed by atoms with van der Waals surface area (Å²) in [5.74, 6) is 0. The zero-order valence-electron chi connectivity index (χ0n) is 7.39. The first-order valence-electron chi connectivity index (χ1n) is 4.53. The van der Waals surface area contributed by atoms with Gasteiger partial charge in [0, 0.05) is 12.6 Å². The van der Waals surface area contributed by atoms with Crippen LogP contribution in [0.15, 0.2) is 18.2 Å². The molecule has 0 atom stereocenters. The lowest BCUT2D eigenvalue weighted by Crippen LogP contribution is -2.15. The maximum atomic E-state index is 5.89. The van der Waals surface area contributed by atoms with Gasteiger partial charge < -0.3 is 11.1 Å². The molecule has 0 amide bonds. The molecule has 2 rings (SSSR count). The first kappa shape index (κ1) is 8.85. The van der Waals surface area contributed by atoms with Gasteiger partial charge >= 0.3 is 0 Å². The zero-order valence-corrected chi connectivity index (χ0v) is 8.14. The Hall–Kier alpha value is -0.730. The van der Waals surface area contributed by atoms with Crippen LogP contribution < -0.4 is 11.1 Å². The van der Waals surface area contributed by atoms with Gasteiger partial charge in [0.1, 0.15) is 0 Å². The van der Waals surface area contributed by atoms with E-state index in [-0.39, 0.29) is 0 Å². The lowest BCUT2D eigenvalue weighted by atomic mass is 10.2. The van der Waals surface area contributed by atoms with Crippen LogP contribution in [0.4, 0.5) is 5.69 Å². The average molecular weight is 197 g/mol.